The van der Waals surface area contributed by atoms with Gasteiger partial charge in [-0.05, 0) is 24.7 Å². The van der Waals surface area contributed by atoms with Crippen molar-refractivity contribution in [3.63, 3.8) is 0 Å². The van der Waals surface area contributed by atoms with Gasteiger partial charge < -0.3 is 4.90 Å². The first kappa shape index (κ1) is 11.3. The number of rotatable bonds is 4. The van der Waals surface area contributed by atoms with Gasteiger partial charge in [0.1, 0.15) is 0 Å². The van der Waals surface area contributed by atoms with Crippen molar-refractivity contribution in [2.45, 2.75) is 13.0 Å². The van der Waals surface area contributed by atoms with Gasteiger partial charge >= 0.3 is 0 Å². The second kappa shape index (κ2) is 5.85. The predicted octanol–water partition coefficient (Wildman–Crippen LogP) is 2.90. The highest BCUT2D eigenvalue weighted by molar-refractivity contribution is 9.10. The van der Waals surface area contributed by atoms with Crippen molar-refractivity contribution in [2.24, 2.45) is 0 Å². The maximum absolute atomic E-state index is 5.21. The molecule has 1 nitrogen and oxygen atoms in total. The molecule has 0 N–H and O–H groups in total. The van der Waals surface area contributed by atoms with E-state index in [9.17, 15) is 0 Å². The van der Waals surface area contributed by atoms with Gasteiger partial charge in [0, 0.05) is 24.0 Å². The van der Waals surface area contributed by atoms with Crippen LogP contribution in [0.4, 0.5) is 0 Å². The van der Waals surface area contributed by atoms with E-state index in [1.165, 1.54) is 5.56 Å². The molecule has 0 aliphatic heterocycles. The molecule has 0 heterocycles. The van der Waals surface area contributed by atoms with Gasteiger partial charge in [0.05, 0.1) is 0 Å². The van der Waals surface area contributed by atoms with Crippen molar-refractivity contribution in [1.82, 2.24) is 4.90 Å². The quantitative estimate of drug-likeness (QED) is 0.745. The molecule has 0 radical (unpaired) electrons. The first-order chi connectivity index (χ1) is 6.72. The highest BCUT2D eigenvalue weighted by Gasteiger charge is 1.99. The molecule has 0 bridgehead atoms. The SMILES string of the molecule is C#CCCN(C)Cc1cccc(Br)c1. The Morgan fingerprint density at radius 2 is 2.29 bits per heavy atom. The average Bonchev–Trinajstić information content (AvgIpc) is 2.15. The van der Waals surface area contributed by atoms with Crippen LogP contribution in [-0.2, 0) is 6.54 Å². The van der Waals surface area contributed by atoms with Crippen molar-refractivity contribution in [2.75, 3.05) is 13.6 Å². The smallest absolute Gasteiger partial charge is 0.0231 e. The van der Waals surface area contributed by atoms with Gasteiger partial charge in [0.25, 0.3) is 0 Å². The Bertz CT molecular complexity index is 327. The summed E-state index contributed by atoms with van der Waals surface area (Å²) < 4.78 is 1.13. The Morgan fingerprint density at radius 1 is 1.50 bits per heavy atom. The fraction of sp³-hybridized carbons (Fsp3) is 0.333. The number of benzene rings is 1. The molecule has 0 fully saturated rings. The zero-order chi connectivity index (χ0) is 10.4. The highest BCUT2D eigenvalue weighted by atomic mass is 79.9. The molecular weight excluding hydrogens is 238 g/mol. The molecule has 14 heavy (non-hydrogen) atoms. The number of hydrogen-bond donors (Lipinski definition) is 0. The van der Waals surface area contributed by atoms with Gasteiger partial charge in [-0.1, -0.05) is 28.1 Å². The maximum Gasteiger partial charge on any atom is 0.0231 e. The minimum absolute atomic E-state index is 0.810. The van der Waals surface area contributed by atoms with Crippen molar-refractivity contribution >= 4 is 15.9 Å². The molecule has 74 valence electrons. The van der Waals surface area contributed by atoms with Crippen molar-refractivity contribution < 1.29 is 0 Å². The van der Waals surface area contributed by atoms with Gasteiger partial charge in [0.15, 0.2) is 0 Å². The Hall–Kier alpha value is -0.780. The fourth-order valence-corrected chi connectivity index (χ4v) is 1.73. The first-order valence-corrected chi connectivity index (χ1v) is 5.38. The number of terminal acetylenes is 1. The summed E-state index contributed by atoms with van der Waals surface area (Å²) in [5.74, 6) is 2.64. The molecule has 0 saturated heterocycles. The largest absolute Gasteiger partial charge is 0.301 e. The van der Waals surface area contributed by atoms with Crippen LogP contribution >= 0.6 is 15.9 Å². The zero-order valence-electron chi connectivity index (χ0n) is 8.33. The van der Waals surface area contributed by atoms with E-state index in [-0.39, 0.29) is 0 Å². The molecule has 0 atom stereocenters. The van der Waals surface area contributed by atoms with Gasteiger partial charge in [-0.2, -0.15) is 0 Å². The lowest BCUT2D eigenvalue weighted by molar-refractivity contribution is 0.335. The average molecular weight is 252 g/mol. The summed E-state index contributed by atoms with van der Waals surface area (Å²) in [6.07, 6.45) is 6.02. The summed E-state index contributed by atoms with van der Waals surface area (Å²) in [7, 11) is 2.08. The minimum Gasteiger partial charge on any atom is -0.301 e. The molecule has 0 unspecified atom stereocenters. The van der Waals surface area contributed by atoms with Crippen molar-refractivity contribution in [3.8, 4) is 12.3 Å². The van der Waals surface area contributed by atoms with Crippen LogP contribution in [-0.4, -0.2) is 18.5 Å². The van der Waals surface area contributed by atoms with Gasteiger partial charge in [-0.25, -0.2) is 0 Å². The highest BCUT2D eigenvalue weighted by Crippen LogP contribution is 2.12. The number of hydrogen-bond acceptors (Lipinski definition) is 1. The van der Waals surface area contributed by atoms with Gasteiger partial charge in [0.2, 0.25) is 0 Å². The van der Waals surface area contributed by atoms with Gasteiger partial charge in [-0.3, -0.25) is 0 Å². The van der Waals surface area contributed by atoms with E-state index in [4.69, 9.17) is 6.42 Å². The standard InChI is InChI=1S/C12H14BrN/c1-3-4-8-14(2)10-11-6-5-7-12(13)9-11/h1,5-7,9H,4,8,10H2,2H3. The van der Waals surface area contributed by atoms with Crippen molar-refractivity contribution in [3.05, 3.63) is 34.3 Å². The Kier molecular flexibility index (Phi) is 4.72. The molecule has 0 aromatic heterocycles. The lowest BCUT2D eigenvalue weighted by Gasteiger charge is -2.15. The molecule has 1 rings (SSSR count). The lowest BCUT2D eigenvalue weighted by atomic mass is 10.2. The van der Waals surface area contributed by atoms with Crippen LogP contribution < -0.4 is 0 Å². The van der Waals surface area contributed by atoms with Gasteiger partial charge in [-0.15, -0.1) is 12.3 Å². The van der Waals surface area contributed by atoms with E-state index in [1.807, 2.05) is 6.07 Å². The third-order valence-corrected chi connectivity index (χ3v) is 2.47. The molecule has 0 spiro atoms. The van der Waals surface area contributed by atoms with E-state index in [1.54, 1.807) is 0 Å². The second-order valence-corrected chi connectivity index (χ2v) is 4.24. The summed E-state index contributed by atoms with van der Waals surface area (Å²) in [5, 5.41) is 0. The van der Waals surface area contributed by atoms with E-state index in [2.05, 4.69) is 52.0 Å². The van der Waals surface area contributed by atoms with Crippen LogP contribution in [0.5, 0.6) is 0 Å². The Balaban J connectivity index is 2.48. The molecule has 0 aliphatic carbocycles. The Labute approximate surface area is 94.2 Å². The third-order valence-electron chi connectivity index (χ3n) is 1.98. The van der Waals surface area contributed by atoms with Crippen LogP contribution in [0.25, 0.3) is 0 Å². The van der Waals surface area contributed by atoms with Crippen LogP contribution in [0, 0.1) is 12.3 Å². The lowest BCUT2D eigenvalue weighted by Crippen LogP contribution is -2.18. The van der Waals surface area contributed by atoms with Crippen LogP contribution in [0.15, 0.2) is 28.7 Å². The Morgan fingerprint density at radius 3 is 2.93 bits per heavy atom. The topological polar surface area (TPSA) is 3.24 Å². The molecule has 1 aromatic carbocycles. The monoisotopic (exact) mass is 251 g/mol. The van der Waals surface area contributed by atoms with Crippen LogP contribution in [0.1, 0.15) is 12.0 Å². The van der Waals surface area contributed by atoms with Crippen LogP contribution in [0.2, 0.25) is 0 Å². The van der Waals surface area contributed by atoms with E-state index in [0.717, 1.165) is 24.0 Å². The first-order valence-electron chi connectivity index (χ1n) is 4.59. The molecule has 0 aliphatic rings. The van der Waals surface area contributed by atoms with E-state index in [0.29, 0.717) is 0 Å². The maximum atomic E-state index is 5.21. The molecule has 0 amide bonds. The van der Waals surface area contributed by atoms with E-state index < -0.39 is 0 Å². The van der Waals surface area contributed by atoms with Crippen LogP contribution in [0.3, 0.4) is 0 Å². The predicted molar refractivity (Wildman–Crippen MR) is 63.9 cm³/mol. The molecular formula is C12H14BrN. The fourth-order valence-electron chi connectivity index (χ4n) is 1.28. The number of nitrogens with zero attached hydrogens (tertiary/aromatic N) is 1. The molecule has 0 saturated carbocycles. The summed E-state index contributed by atoms with van der Waals surface area (Å²) in [6, 6.07) is 8.34. The summed E-state index contributed by atoms with van der Waals surface area (Å²) in [4.78, 5) is 2.22. The molecule has 2 heteroatoms. The summed E-state index contributed by atoms with van der Waals surface area (Å²) >= 11 is 3.45. The second-order valence-electron chi connectivity index (χ2n) is 3.32. The van der Waals surface area contributed by atoms with Crippen molar-refractivity contribution in [1.29, 1.82) is 0 Å². The summed E-state index contributed by atoms with van der Waals surface area (Å²) in [5.41, 5.74) is 1.30. The molecule has 1 aromatic rings. The third kappa shape index (κ3) is 3.95. The van der Waals surface area contributed by atoms with E-state index >= 15 is 0 Å². The summed E-state index contributed by atoms with van der Waals surface area (Å²) in [6.45, 7) is 1.89. The minimum atomic E-state index is 0.810. The number of halogens is 1. The zero-order valence-corrected chi connectivity index (χ0v) is 9.92. The normalized spacial score (nSPS) is 10.1.